The van der Waals surface area contributed by atoms with Crippen LogP contribution in [0, 0.1) is 23.7 Å². The highest BCUT2D eigenvalue weighted by atomic mass is 35.5. The molecule has 4 rings (SSSR count). The van der Waals surface area contributed by atoms with Crippen LogP contribution in [0.15, 0.2) is 18.2 Å². The molecule has 1 amide bonds. The van der Waals surface area contributed by atoms with Crippen molar-refractivity contribution in [2.45, 2.75) is 18.9 Å². The number of nitrogens with one attached hydrogen (secondary N) is 1. The summed E-state index contributed by atoms with van der Waals surface area (Å²) < 4.78 is 10.6. The summed E-state index contributed by atoms with van der Waals surface area (Å²) in [6.45, 7) is 0. The minimum absolute atomic E-state index is 0.0345. The second-order valence-corrected chi connectivity index (χ2v) is 6.69. The standard InChI is InChI=1S/C16H16ClNO4/c1-21-11-3-2-8(17)6-10(11)18-15(19)13-7-4-9-12(5-7)22-16(20)14(9)13/h2-3,6-7,9,12-14H,4-5H2,1H3,(H,18,19)/t7-,9+,12+,13-,14-/m1/s1. The smallest absolute Gasteiger partial charge is 0.310 e. The number of carbonyl (C=O) groups excluding carboxylic acids is 2. The molecule has 2 bridgehead atoms. The minimum Gasteiger partial charge on any atom is -0.495 e. The van der Waals surface area contributed by atoms with Gasteiger partial charge in [0.2, 0.25) is 5.91 Å². The van der Waals surface area contributed by atoms with Crippen LogP contribution in [0.1, 0.15) is 12.8 Å². The van der Waals surface area contributed by atoms with Crippen molar-refractivity contribution in [2.75, 3.05) is 12.4 Å². The molecular weight excluding hydrogens is 306 g/mol. The molecule has 0 unspecified atom stereocenters. The minimum atomic E-state index is -0.306. The van der Waals surface area contributed by atoms with Gasteiger partial charge in [0.1, 0.15) is 11.9 Å². The first-order valence-corrected chi connectivity index (χ1v) is 7.81. The molecule has 1 aliphatic heterocycles. The van der Waals surface area contributed by atoms with Crippen LogP contribution < -0.4 is 10.1 Å². The van der Waals surface area contributed by atoms with Gasteiger partial charge in [-0.2, -0.15) is 0 Å². The van der Waals surface area contributed by atoms with Gasteiger partial charge < -0.3 is 14.8 Å². The van der Waals surface area contributed by atoms with Gasteiger partial charge in [-0.3, -0.25) is 9.59 Å². The molecule has 2 saturated carbocycles. The third-order valence-electron chi connectivity index (χ3n) is 5.21. The Bertz CT molecular complexity index is 660. The summed E-state index contributed by atoms with van der Waals surface area (Å²) in [5.74, 6) is 0.0522. The maximum absolute atomic E-state index is 12.7. The predicted octanol–water partition coefficient (Wildman–Crippen LogP) is 2.48. The first-order valence-electron chi connectivity index (χ1n) is 7.43. The van der Waals surface area contributed by atoms with Gasteiger partial charge in [-0.15, -0.1) is 0 Å². The molecule has 1 aromatic carbocycles. The third kappa shape index (κ3) is 1.92. The van der Waals surface area contributed by atoms with Crippen molar-refractivity contribution >= 4 is 29.2 Å². The molecule has 3 fully saturated rings. The number of hydrogen-bond donors (Lipinski definition) is 1. The molecule has 6 heteroatoms. The van der Waals surface area contributed by atoms with E-state index in [9.17, 15) is 9.59 Å². The van der Waals surface area contributed by atoms with Crippen LogP contribution in [0.5, 0.6) is 5.75 Å². The molecule has 116 valence electrons. The highest BCUT2D eigenvalue weighted by molar-refractivity contribution is 6.31. The molecular formula is C16H16ClNO4. The lowest BCUT2D eigenvalue weighted by Crippen LogP contribution is -2.35. The zero-order chi connectivity index (χ0) is 15.4. The number of anilines is 1. The van der Waals surface area contributed by atoms with E-state index in [1.165, 1.54) is 7.11 Å². The van der Waals surface area contributed by atoms with Gasteiger partial charge in [0.05, 0.1) is 24.6 Å². The maximum atomic E-state index is 12.7. The number of ether oxygens (including phenoxy) is 2. The first kappa shape index (κ1) is 13.9. The number of methoxy groups -OCH3 is 1. The van der Waals surface area contributed by atoms with Gasteiger partial charge in [-0.1, -0.05) is 11.6 Å². The molecule has 5 nitrogen and oxygen atoms in total. The van der Waals surface area contributed by atoms with Crippen LogP contribution >= 0.6 is 11.6 Å². The van der Waals surface area contributed by atoms with Crippen molar-refractivity contribution < 1.29 is 19.1 Å². The van der Waals surface area contributed by atoms with E-state index < -0.39 is 0 Å². The number of fused-ring (bicyclic) bond motifs is 1. The number of esters is 1. The summed E-state index contributed by atoms with van der Waals surface area (Å²) in [7, 11) is 1.54. The van der Waals surface area contributed by atoms with Crippen molar-refractivity contribution in [3.8, 4) is 5.75 Å². The molecule has 0 spiro atoms. The normalized spacial score (nSPS) is 34.6. The number of rotatable bonds is 3. The molecule has 22 heavy (non-hydrogen) atoms. The van der Waals surface area contributed by atoms with Gasteiger partial charge >= 0.3 is 5.97 Å². The molecule has 5 atom stereocenters. The van der Waals surface area contributed by atoms with E-state index in [1.54, 1.807) is 18.2 Å². The fourth-order valence-corrected chi connectivity index (χ4v) is 4.53. The van der Waals surface area contributed by atoms with Crippen molar-refractivity contribution in [1.82, 2.24) is 0 Å². The lowest BCUT2D eigenvalue weighted by Gasteiger charge is -2.24. The molecule has 0 aromatic heterocycles. The van der Waals surface area contributed by atoms with Crippen molar-refractivity contribution in [3.05, 3.63) is 23.2 Å². The van der Waals surface area contributed by atoms with E-state index in [-0.39, 0.29) is 41.7 Å². The topological polar surface area (TPSA) is 64.6 Å². The highest BCUT2D eigenvalue weighted by Gasteiger charge is 2.63. The Morgan fingerprint density at radius 3 is 3.00 bits per heavy atom. The van der Waals surface area contributed by atoms with E-state index in [1.807, 2.05) is 0 Å². The molecule has 1 saturated heterocycles. The second kappa shape index (κ2) is 4.88. The second-order valence-electron chi connectivity index (χ2n) is 6.26. The van der Waals surface area contributed by atoms with E-state index in [0.717, 1.165) is 12.8 Å². The monoisotopic (exact) mass is 321 g/mol. The average Bonchev–Trinajstić information content (AvgIpc) is 3.08. The maximum Gasteiger partial charge on any atom is 0.310 e. The number of benzene rings is 1. The predicted molar refractivity (Wildman–Crippen MR) is 79.7 cm³/mol. The number of hydrogen-bond acceptors (Lipinski definition) is 4. The zero-order valence-corrected chi connectivity index (χ0v) is 12.8. The van der Waals surface area contributed by atoms with Crippen LogP contribution in [0.3, 0.4) is 0 Å². The summed E-state index contributed by atoms with van der Waals surface area (Å²) in [4.78, 5) is 24.7. The number of carbonyl (C=O) groups is 2. The van der Waals surface area contributed by atoms with E-state index in [0.29, 0.717) is 16.5 Å². The Balaban J connectivity index is 1.59. The Kier molecular flexibility index (Phi) is 3.08. The molecule has 3 aliphatic rings. The SMILES string of the molecule is COc1ccc(Cl)cc1NC(=O)[C@@H]1[C@@H]2C[C@@H]3[C@H]1C(=O)O[C@H]3C2. The number of amides is 1. The van der Waals surface area contributed by atoms with Gasteiger partial charge in [-0.05, 0) is 37.0 Å². The lowest BCUT2D eigenvalue weighted by atomic mass is 9.79. The molecule has 1 aromatic rings. The fraction of sp³-hybridized carbons (Fsp3) is 0.500. The summed E-state index contributed by atoms with van der Waals surface area (Å²) >= 11 is 5.98. The zero-order valence-electron chi connectivity index (χ0n) is 12.0. The summed E-state index contributed by atoms with van der Waals surface area (Å²) in [5, 5.41) is 3.39. The lowest BCUT2D eigenvalue weighted by molar-refractivity contribution is -0.145. The number of halogens is 1. The Hall–Kier alpha value is -1.75. The van der Waals surface area contributed by atoms with Crippen molar-refractivity contribution in [2.24, 2.45) is 23.7 Å². The van der Waals surface area contributed by atoms with Gasteiger partial charge in [-0.25, -0.2) is 0 Å². The highest BCUT2D eigenvalue weighted by Crippen LogP contribution is 2.57. The third-order valence-corrected chi connectivity index (χ3v) is 5.44. The van der Waals surface area contributed by atoms with Crippen LogP contribution in [-0.2, 0) is 14.3 Å². The van der Waals surface area contributed by atoms with Gasteiger partial charge in [0.25, 0.3) is 0 Å². The quantitative estimate of drug-likeness (QED) is 0.869. The molecule has 2 aliphatic carbocycles. The molecule has 0 radical (unpaired) electrons. The Labute approximate surface area is 132 Å². The molecule has 1 N–H and O–H groups in total. The average molecular weight is 322 g/mol. The van der Waals surface area contributed by atoms with E-state index >= 15 is 0 Å². The van der Waals surface area contributed by atoms with Crippen LogP contribution in [0.2, 0.25) is 5.02 Å². The van der Waals surface area contributed by atoms with Crippen LogP contribution in [0.25, 0.3) is 0 Å². The summed E-state index contributed by atoms with van der Waals surface area (Å²) in [5.41, 5.74) is 0.533. The van der Waals surface area contributed by atoms with Crippen LogP contribution in [0.4, 0.5) is 5.69 Å². The Morgan fingerprint density at radius 1 is 1.41 bits per heavy atom. The summed E-state index contributed by atoms with van der Waals surface area (Å²) in [6, 6.07) is 5.06. The van der Waals surface area contributed by atoms with E-state index in [2.05, 4.69) is 5.32 Å². The van der Waals surface area contributed by atoms with Crippen molar-refractivity contribution in [3.63, 3.8) is 0 Å². The van der Waals surface area contributed by atoms with Crippen LogP contribution in [-0.4, -0.2) is 25.1 Å². The summed E-state index contributed by atoms with van der Waals surface area (Å²) in [6.07, 6.45) is 1.75. The fourth-order valence-electron chi connectivity index (χ4n) is 4.36. The van der Waals surface area contributed by atoms with Gasteiger partial charge in [0, 0.05) is 10.9 Å². The largest absolute Gasteiger partial charge is 0.495 e. The first-order chi connectivity index (χ1) is 10.6. The van der Waals surface area contributed by atoms with Gasteiger partial charge in [0.15, 0.2) is 0 Å². The van der Waals surface area contributed by atoms with Crippen molar-refractivity contribution in [1.29, 1.82) is 0 Å². The molecule has 1 heterocycles. The van der Waals surface area contributed by atoms with E-state index in [4.69, 9.17) is 21.1 Å². The Morgan fingerprint density at radius 2 is 2.23 bits per heavy atom.